The van der Waals surface area contributed by atoms with Crippen molar-refractivity contribution in [2.45, 2.75) is 26.2 Å². The summed E-state index contributed by atoms with van der Waals surface area (Å²) in [5.41, 5.74) is 0.529. The largest absolute Gasteiger partial charge is 0.484 e. The molecule has 11 heteroatoms. The fourth-order valence-corrected chi connectivity index (χ4v) is 3.45. The Bertz CT molecular complexity index is 1390. The van der Waals surface area contributed by atoms with Gasteiger partial charge in [-0.05, 0) is 36.8 Å². The van der Waals surface area contributed by atoms with Gasteiger partial charge in [0.15, 0.2) is 12.3 Å². The number of benzene rings is 2. The molecule has 4 rings (SSSR count). The lowest BCUT2D eigenvalue weighted by atomic mass is 10.1. The van der Waals surface area contributed by atoms with Crippen LogP contribution in [0.5, 0.6) is 5.75 Å². The zero-order valence-corrected chi connectivity index (χ0v) is 18.7. The zero-order valence-electron chi connectivity index (χ0n) is 18.7. The molecule has 2 aromatic heterocycles. The molecule has 0 aliphatic heterocycles. The molecule has 4 aromatic rings. The number of aryl methyl sites for hydroxylation is 1. The standard InChI is InChI=1S/C24H22F3N5O3/c1-16-5-7-19(8-6-16)35-14-21(33)28-9-10-32-22-20(12-30-32)23(34)31(15-29-22)13-17-3-2-4-18(11-17)24(25,26)27/h2-8,11-12,15H,9-10,13-14H2,1H3,(H,28,33). The van der Waals surface area contributed by atoms with Gasteiger partial charge in [-0.2, -0.15) is 18.3 Å². The van der Waals surface area contributed by atoms with Crippen LogP contribution in [0.4, 0.5) is 13.2 Å². The summed E-state index contributed by atoms with van der Waals surface area (Å²) in [6.45, 7) is 2.26. The molecule has 2 heterocycles. The summed E-state index contributed by atoms with van der Waals surface area (Å²) in [7, 11) is 0. The van der Waals surface area contributed by atoms with E-state index in [4.69, 9.17) is 4.74 Å². The van der Waals surface area contributed by atoms with E-state index in [9.17, 15) is 22.8 Å². The SMILES string of the molecule is Cc1ccc(OCC(=O)NCCn2ncc3c(=O)n(Cc4cccc(C(F)(F)F)c4)cnc32)cc1. The maximum Gasteiger partial charge on any atom is 0.416 e. The van der Waals surface area contributed by atoms with Gasteiger partial charge in [0, 0.05) is 6.54 Å². The Hall–Kier alpha value is -4.15. The number of alkyl halides is 3. The smallest absolute Gasteiger partial charge is 0.416 e. The molecule has 0 unspecified atom stereocenters. The molecular formula is C24H22F3N5O3. The van der Waals surface area contributed by atoms with E-state index in [2.05, 4.69) is 15.4 Å². The highest BCUT2D eigenvalue weighted by molar-refractivity contribution is 5.77. The fourth-order valence-electron chi connectivity index (χ4n) is 3.45. The van der Waals surface area contributed by atoms with Crippen LogP contribution < -0.4 is 15.6 Å². The molecule has 0 saturated heterocycles. The number of hydrogen-bond acceptors (Lipinski definition) is 5. The summed E-state index contributed by atoms with van der Waals surface area (Å²) < 4.78 is 47.0. The summed E-state index contributed by atoms with van der Waals surface area (Å²) in [6, 6.07) is 12.1. The van der Waals surface area contributed by atoms with Crippen molar-refractivity contribution >= 4 is 16.9 Å². The van der Waals surface area contributed by atoms with Gasteiger partial charge >= 0.3 is 6.18 Å². The van der Waals surface area contributed by atoms with Crippen molar-refractivity contribution in [1.29, 1.82) is 0 Å². The first kappa shape index (κ1) is 24.0. The highest BCUT2D eigenvalue weighted by Gasteiger charge is 2.30. The average molecular weight is 485 g/mol. The van der Waals surface area contributed by atoms with Gasteiger partial charge in [-0.15, -0.1) is 0 Å². The van der Waals surface area contributed by atoms with Crippen LogP contribution in [-0.2, 0) is 24.1 Å². The van der Waals surface area contributed by atoms with Crippen LogP contribution in [0, 0.1) is 6.92 Å². The van der Waals surface area contributed by atoms with Crippen LogP contribution in [0.15, 0.2) is 65.8 Å². The minimum Gasteiger partial charge on any atom is -0.484 e. The molecule has 0 saturated carbocycles. The monoisotopic (exact) mass is 485 g/mol. The summed E-state index contributed by atoms with van der Waals surface area (Å²) >= 11 is 0. The number of aromatic nitrogens is 4. The molecule has 8 nitrogen and oxygen atoms in total. The Morgan fingerprint density at radius 1 is 1.14 bits per heavy atom. The fraction of sp³-hybridized carbons (Fsp3) is 0.250. The number of hydrogen-bond donors (Lipinski definition) is 1. The highest BCUT2D eigenvalue weighted by Crippen LogP contribution is 2.29. The van der Waals surface area contributed by atoms with Crippen LogP contribution in [0.25, 0.3) is 11.0 Å². The molecule has 1 amide bonds. The predicted octanol–water partition coefficient (Wildman–Crippen LogP) is 3.16. The number of fused-ring (bicyclic) bond motifs is 1. The first-order valence-electron chi connectivity index (χ1n) is 10.7. The van der Waals surface area contributed by atoms with Crippen molar-refractivity contribution in [3.63, 3.8) is 0 Å². The summed E-state index contributed by atoms with van der Waals surface area (Å²) in [6.07, 6.45) is -1.83. The molecule has 0 aliphatic rings. The van der Waals surface area contributed by atoms with Crippen LogP contribution in [0.3, 0.4) is 0 Å². The van der Waals surface area contributed by atoms with Gasteiger partial charge in [-0.1, -0.05) is 29.8 Å². The summed E-state index contributed by atoms with van der Waals surface area (Å²) in [5.74, 6) is 0.285. The van der Waals surface area contributed by atoms with Crippen molar-refractivity contribution in [3.8, 4) is 5.75 Å². The number of nitrogens with zero attached hydrogens (tertiary/aromatic N) is 4. The molecule has 0 aliphatic carbocycles. The molecule has 0 fully saturated rings. The van der Waals surface area contributed by atoms with E-state index in [1.165, 1.54) is 33.9 Å². The number of rotatable bonds is 8. The number of nitrogens with one attached hydrogen (secondary N) is 1. The normalized spacial score (nSPS) is 11.5. The lowest BCUT2D eigenvalue weighted by molar-refractivity contribution is -0.137. The molecule has 0 bridgehead atoms. The third-order valence-electron chi connectivity index (χ3n) is 5.27. The van der Waals surface area contributed by atoms with Gasteiger partial charge in [-0.3, -0.25) is 14.2 Å². The van der Waals surface area contributed by atoms with Crippen molar-refractivity contribution in [2.24, 2.45) is 0 Å². The first-order chi connectivity index (χ1) is 16.7. The van der Waals surface area contributed by atoms with Gasteiger partial charge in [0.2, 0.25) is 0 Å². The summed E-state index contributed by atoms with van der Waals surface area (Å²) in [4.78, 5) is 29.1. The third kappa shape index (κ3) is 5.86. The molecule has 182 valence electrons. The molecule has 0 atom stereocenters. The second kappa shape index (κ2) is 10.00. The Kier molecular flexibility index (Phi) is 6.85. The van der Waals surface area contributed by atoms with Crippen molar-refractivity contribution < 1.29 is 22.7 Å². The Balaban J connectivity index is 1.37. The van der Waals surface area contributed by atoms with E-state index in [0.29, 0.717) is 17.0 Å². The van der Waals surface area contributed by atoms with Crippen molar-refractivity contribution in [3.05, 3.63) is 88.1 Å². The maximum atomic E-state index is 13.0. The second-order valence-corrected chi connectivity index (χ2v) is 7.93. The highest BCUT2D eigenvalue weighted by atomic mass is 19.4. The lowest BCUT2D eigenvalue weighted by Crippen LogP contribution is -2.31. The number of amides is 1. The maximum absolute atomic E-state index is 13.0. The van der Waals surface area contributed by atoms with E-state index in [1.807, 2.05) is 19.1 Å². The lowest BCUT2D eigenvalue weighted by Gasteiger charge is -2.10. The first-order valence-corrected chi connectivity index (χ1v) is 10.7. The van der Waals surface area contributed by atoms with Gasteiger partial charge in [-0.25, -0.2) is 9.67 Å². The van der Waals surface area contributed by atoms with E-state index in [0.717, 1.165) is 17.7 Å². The van der Waals surface area contributed by atoms with E-state index in [1.54, 1.807) is 12.1 Å². The topological polar surface area (TPSA) is 91.0 Å². The number of ether oxygens (including phenoxy) is 1. The van der Waals surface area contributed by atoms with Gasteiger partial charge in [0.05, 0.1) is 24.8 Å². The Morgan fingerprint density at radius 3 is 2.66 bits per heavy atom. The minimum absolute atomic E-state index is 0.0616. The van der Waals surface area contributed by atoms with Crippen LogP contribution >= 0.6 is 0 Å². The van der Waals surface area contributed by atoms with E-state index < -0.39 is 17.3 Å². The molecule has 0 spiro atoms. The third-order valence-corrected chi connectivity index (χ3v) is 5.27. The zero-order chi connectivity index (χ0) is 25.0. The van der Waals surface area contributed by atoms with Gasteiger partial charge in [0.1, 0.15) is 17.5 Å². The average Bonchev–Trinajstić information content (AvgIpc) is 3.24. The van der Waals surface area contributed by atoms with Crippen LogP contribution in [-0.4, -0.2) is 38.4 Å². The predicted molar refractivity (Wildman–Crippen MR) is 122 cm³/mol. The molecule has 0 radical (unpaired) electrons. The molecular weight excluding hydrogens is 463 g/mol. The minimum atomic E-state index is -4.47. The number of halogens is 3. The molecule has 35 heavy (non-hydrogen) atoms. The van der Waals surface area contributed by atoms with Gasteiger partial charge in [0.25, 0.3) is 11.5 Å². The summed E-state index contributed by atoms with van der Waals surface area (Å²) in [5, 5.41) is 7.10. The Morgan fingerprint density at radius 2 is 1.91 bits per heavy atom. The van der Waals surface area contributed by atoms with Crippen molar-refractivity contribution in [1.82, 2.24) is 24.6 Å². The quantitative estimate of drug-likeness (QED) is 0.414. The van der Waals surface area contributed by atoms with Gasteiger partial charge < -0.3 is 10.1 Å². The second-order valence-electron chi connectivity index (χ2n) is 7.93. The van der Waals surface area contributed by atoms with E-state index >= 15 is 0 Å². The molecule has 2 aromatic carbocycles. The van der Waals surface area contributed by atoms with Crippen LogP contribution in [0.1, 0.15) is 16.7 Å². The number of carbonyl (C=O) groups is 1. The van der Waals surface area contributed by atoms with Crippen molar-refractivity contribution in [2.75, 3.05) is 13.2 Å². The van der Waals surface area contributed by atoms with Crippen LogP contribution in [0.2, 0.25) is 0 Å². The Labute approximate surface area is 198 Å². The number of carbonyl (C=O) groups excluding carboxylic acids is 1. The molecule has 1 N–H and O–H groups in total. The van der Waals surface area contributed by atoms with E-state index in [-0.39, 0.29) is 37.5 Å².